The lowest BCUT2D eigenvalue weighted by Crippen LogP contribution is -2.34. The number of nitrogens with zero attached hydrogens (tertiary/aromatic N) is 2. The van der Waals surface area contributed by atoms with Gasteiger partial charge in [0.05, 0.1) is 11.0 Å². The van der Waals surface area contributed by atoms with Gasteiger partial charge in [-0.05, 0) is 30.3 Å². The first kappa shape index (κ1) is 15.5. The summed E-state index contributed by atoms with van der Waals surface area (Å²) < 4.78 is 26.1. The normalized spacial score (nSPS) is 10.4. The molecule has 1 heterocycles. The summed E-state index contributed by atoms with van der Waals surface area (Å²) in [7, 11) is 0. The van der Waals surface area contributed by atoms with Crippen LogP contribution in [0.3, 0.4) is 0 Å². The van der Waals surface area contributed by atoms with Crippen molar-refractivity contribution in [1.29, 1.82) is 0 Å². The second-order valence-corrected chi connectivity index (χ2v) is 4.83. The molecule has 120 valence electrons. The lowest BCUT2D eigenvalue weighted by atomic mass is 10.2. The number of anilines is 1. The zero-order valence-electron chi connectivity index (χ0n) is 12.1. The van der Waals surface area contributed by atoms with E-state index in [-0.39, 0.29) is 11.3 Å². The van der Waals surface area contributed by atoms with Gasteiger partial charge in [-0.1, -0.05) is 0 Å². The van der Waals surface area contributed by atoms with Crippen LogP contribution in [-0.2, 0) is 0 Å². The summed E-state index contributed by atoms with van der Waals surface area (Å²) in [6.45, 7) is 0. The number of aromatic nitrogens is 2. The maximum atomic E-state index is 13.1. The summed E-state index contributed by atoms with van der Waals surface area (Å²) in [6, 6.07) is 6.18. The number of hydrogen-bond acceptors (Lipinski definition) is 4. The molecule has 3 rings (SSSR count). The summed E-state index contributed by atoms with van der Waals surface area (Å²) in [5.41, 5.74) is 1.19. The number of urea groups is 1. The summed E-state index contributed by atoms with van der Waals surface area (Å²) in [6.07, 6.45) is 3.00. The average Bonchev–Trinajstić information content (AvgIpc) is 2.53. The Labute approximate surface area is 134 Å². The van der Waals surface area contributed by atoms with E-state index in [2.05, 4.69) is 20.6 Å². The topological polar surface area (TPSA) is 84.0 Å². The largest absolute Gasteiger partial charge is 0.326 e. The number of carbonyl (C=O) groups excluding carboxylic acids is 2. The number of benzene rings is 2. The Hall–Kier alpha value is -3.42. The van der Waals surface area contributed by atoms with Crippen molar-refractivity contribution in [2.24, 2.45) is 0 Å². The summed E-state index contributed by atoms with van der Waals surface area (Å²) in [4.78, 5) is 32.0. The SMILES string of the molecule is O=C(NC(=O)c1ccc2nccnc2c1)Nc1cc(F)cc(F)c1. The molecular weight excluding hydrogens is 318 g/mol. The van der Waals surface area contributed by atoms with Gasteiger partial charge in [-0.25, -0.2) is 13.6 Å². The van der Waals surface area contributed by atoms with Crippen molar-refractivity contribution in [1.82, 2.24) is 15.3 Å². The molecular formula is C16H10F2N4O2. The van der Waals surface area contributed by atoms with Gasteiger partial charge in [-0.3, -0.25) is 20.1 Å². The molecule has 8 heteroatoms. The number of nitrogens with one attached hydrogen (secondary N) is 2. The van der Waals surface area contributed by atoms with E-state index in [4.69, 9.17) is 0 Å². The molecule has 3 aromatic rings. The smallest absolute Gasteiger partial charge is 0.307 e. The summed E-state index contributed by atoms with van der Waals surface area (Å²) in [5.74, 6) is -2.37. The van der Waals surface area contributed by atoms with Gasteiger partial charge in [0.2, 0.25) is 0 Å². The number of imide groups is 1. The highest BCUT2D eigenvalue weighted by Gasteiger charge is 2.12. The third-order valence-corrected chi connectivity index (χ3v) is 3.08. The fourth-order valence-corrected chi connectivity index (χ4v) is 2.07. The highest BCUT2D eigenvalue weighted by atomic mass is 19.1. The minimum Gasteiger partial charge on any atom is -0.307 e. The quantitative estimate of drug-likeness (QED) is 0.757. The molecule has 0 bridgehead atoms. The molecule has 0 unspecified atom stereocenters. The predicted molar refractivity (Wildman–Crippen MR) is 82.4 cm³/mol. The maximum Gasteiger partial charge on any atom is 0.326 e. The van der Waals surface area contributed by atoms with Gasteiger partial charge in [0.15, 0.2) is 0 Å². The number of carbonyl (C=O) groups is 2. The van der Waals surface area contributed by atoms with Crippen LogP contribution in [0.1, 0.15) is 10.4 Å². The van der Waals surface area contributed by atoms with E-state index in [9.17, 15) is 18.4 Å². The minimum absolute atomic E-state index is 0.109. The van der Waals surface area contributed by atoms with Crippen LogP contribution in [0.2, 0.25) is 0 Å². The lowest BCUT2D eigenvalue weighted by molar-refractivity contribution is 0.0967. The molecule has 0 spiro atoms. The van der Waals surface area contributed by atoms with Crippen molar-refractivity contribution in [3.63, 3.8) is 0 Å². The first-order valence-corrected chi connectivity index (χ1v) is 6.80. The van der Waals surface area contributed by atoms with E-state index >= 15 is 0 Å². The third kappa shape index (κ3) is 3.49. The molecule has 0 aliphatic rings. The molecule has 0 radical (unpaired) electrons. The van der Waals surface area contributed by atoms with Gasteiger partial charge in [-0.2, -0.15) is 0 Å². The highest BCUT2D eigenvalue weighted by molar-refractivity contribution is 6.08. The molecule has 0 saturated heterocycles. The Balaban J connectivity index is 1.72. The van der Waals surface area contributed by atoms with E-state index < -0.39 is 23.6 Å². The molecule has 0 aliphatic heterocycles. The van der Waals surface area contributed by atoms with Crippen molar-refractivity contribution in [2.75, 3.05) is 5.32 Å². The van der Waals surface area contributed by atoms with Crippen LogP contribution in [0.15, 0.2) is 48.8 Å². The fraction of sp³-hybridized carbons (Fsp3) is 0. The third-order valence-electron chi connectivity index (χ3n) is 3.08. The summed E-state index contributed by atoms with van der Waals surface area (Å²) in [5, 5.41) is 4.25. The molecule has 2 aromatic carbocycles. The molecule has 24 heavy (non-hydrogen) atoms. The molecule has 0 aliphatic carbocycles. The number of rotatable bonds is 2. The number of hydrogen-bond donors (Lipinski definition) is 2. The Morgan fingerprint density at radius 1 is 0.875 bits per heavy atom. The first-order valence-electron chi connectivity index (χ1n) is 6.80. The van der Waals surface area contributed by atoms with E-state index in [1.54, 1.807) is 6.07 Å². The number of halogens is 2. The molecule has 0 fully saturated rings. The van der Waals surface area contributed by atoms with Gasteiger partial charge >= 0.3 is 6.03 Å². The van der Waals surface area contributed by atoms with E-state index in [0.29, 0.717) is 17.1 Å². The Kier molecular flexibility index (Phi) is 4.11. The Morgan fingerprint density at radius 3 is 2.25 bits per heavy atom. The van der Waals surface area contributed by atoms with Crippen LogP contribution in [0.4, 0.5) is 19.3 Å². The van der Waals surface area contributed by atoms with Gasteiger partial charge in [0, 0.05) is 29.7 Å². The van der Waals surface area contributed by atoms with E-state index in [1.807, 2.05) is 0 Å². The van der Waals surface area contributed by atoms with Gasteiger partial charge in [0.25, 0.3) is 5.91 Å². The molecule has 0 atom stereocenters. The highest BCUT2D eigenvalue weighted by Crippen LogP contribution is 2.13. The minimum atomic E-state index is -0.913. The standard InChI is InChI=1S/C16H10F2N4O2/c17-10-6-11(18)8-12(7-10)21-16(24)22-15(23)9-1-2-13-14(5-9)20-4-3-19-13/h1-8H,(H2,21,22,23,24). The zero-order valence-corrected chi connectivity index (χ0v) is 12.1. The monoisotopic (exact) mass is 328 g/mol. The maximum absolute atomic E-state index is 13.1. The molecule has 0 saturated carbocycles. The van der Waals surface area contributed by atoms with Crippen LogP contribution in [0.5, 0.6) is 0 Å². The second kappa shape index (κ2) is 6.37. The van der Waals surface area contributed by atoms with Crippen LogP contribution < -0.4 is 10.6 Å². The van der Waals surface area contributed by atoms with E-state index in [1.165, 1.54) is 24.5 Å². The molecule has 2 N–H and O–H groups in total. The fourth-order valence-electron chi connectivity index (χ4n) is 2.07. The van der Waals surface area contributed by atoms with Gasteiger partial charge in [0.1, 0.15) is 11.6 Å². The van der Waals surface area contributed by atoms with Crippen molar-refractivity contribution in [3.8, 4) is 0 Å². The Morgan fingerprint density at radius 2 is 1.54 bits per heavy atom. The molecule has 6 nitrogen and oxygen atoms in total. The van der Waals surface area contributed by atoms with Crippen LogP contribution in [0.25, 0.3) is 11.0 Å². The van der Waals surface area contributed by atoms with Gasteiger partial charge < -0.3 is 5.32 Å². The van der Waals surface area contributed by atoms with Crippen LogP contribution >= 0.6 is 0 Å². The van der Waals surface area contributed by atoms with Gasteiger partial charge in [-0.15, -0.1) is 0 Å². The van der Waals surface area contributed by atoms with Crippen LogP contribution in [0, 0.1) is 11.6 Å². The van der Waals surface area contributed by atoms with Crippen molar-refractivity contribution < 1.29 is 18.4 Å². The molecule has 3 amide bonds. The number of fused-ring (bicyclic) bond motifs is 1. The van der Waals surface area contributed by atoms with Crippen molar-refractivity contribution in [3.05, 3.63) is 66.0 Å². The second-order valence-electron chi connectivity index (χ2n) is 4.83. The lowest BCUT2D eigenvalue weighted by Gasteiger charge is -2.07. The van der Waals surface area contributed by atoms with E-state index in [0.717, 1.165) is 12.1 Å². The molecule has 1 aromatic heterocycles. The Bertz CT molecular complexity index is 926. The van der Waals surface area contributed by atoms with Crippen molar-refractivity contribution in [2.45, 2.75) is 0 Å². The predicted octanol–water partition coefficient (Wildman–Crippen LogP) is 2.87. The van der Waals surface area contributed by atoms with Crippen molar-refractivity contribution >= 4 is 28.7 Å². The van der Waals surface area contributed by atoms with Crippen LogP contribution in [-0.4, -0.2) is 21.9 Å². The average molecular weight is 328 g/mol. The zero-order chi connectivity index (χ0) is 17.1. The summed E-state index contributed by atoms with van der Waals surface area (Å²) >= 11 is 0. The first-order chi connectivity index (χ1) is 11.5. The number of amides is 3.